The molecule has 0 heterocycles. The highest BCUT2D eigenvalue weighted by Gasteiger charge is 2.29. The van der Waals surface area contributed by atoms with Gasteiger partial charge in [0.2, 0.25) is 10.0 Å². The summed E-state index contributed by atoms with van der Waals surface area (Å²) in [5.41, 5.74) is -0.812. The van der Waals surface area contributed by atoms with E-state index in [1.165, 1.54) is 0 Å². The Morgan fingerprint density at radius 1 is 1.35 bits per heavy atom. The molecule has 0 aliphatic rings. The van der Waals surface area contributed by atoms with Gasteiger partial charge in [-0.1, -0.05) is 0 Å². The number of carboxylic acid groups (broad SMARTS) is 1. The molecule has 0 aliphatic carbocycles. The third-order valence-corrected chi connectivity index (χ3v) is 4.15. The van der Waals surface area contributed by atoms with E-state index >= 15 is 0 Å². The standard InChI is InChI=1S/C10H9F4NO4S/c1-15(4-8(12)13)20(18,19)7-3-5(10(16)17)2-6(11)9(7)14/h2-3,8H,4H2,1H3,(H,16,17). The second-order valence-electron chi connectivity index (χ2n) is 3.75. The second kappa shape index (κ2) is 5.75. The van der Waals surface area contributed by atoms with E-state index in [0.29, 0.717) is 12.1 Å². The van der Waals surface area contributed by atoms with Gasteiger partial charge in [-0.3, -0.25) is 0 Å². The van der Waals surface area contributed by atoms with E-state index < -0.39 is 51.1 Å². The predicted molar refractivity (Wildman–Crippen MR) is 59.1 cm³/mol. The Bertz CT molecular complexity index is 632. The van der Waals surface area contributed by atoms with Crippen LogP contribution in [0, 0.1) is 11.6 Å². The van der Waals surface area contributed by atoms with Crippen molar-refractivity contribution in [2.75, 3.05) is 13.6 Å². The highest BCUT2D eigenvalue weighted by molar-refractivity contribution is 7.89. The van der Waals surface area contributed by atoms with Gasteiger partial charge in [0.15, 0.2) is 11.6 Å². The first-order valence-corrected chi connectivity index (χ1v) is 6.48. The van der Waals surface area contributed by atoms with Gasteiger partial charge in [0.1, 0.15) is 4.90 Å². The Kier molecular flexibility index (Phi) is 4.71. The largest absolute Gasteiger partial charge is 0.478 e. The Balaban J connectivity index is 3.41. The fourth-order valence-corrected chi connectivity index (χ4v) is 2.58. The molecule has 0 unspecified atom stereocenters. The summed E-state index contributed by atoms with van der Waals surface area (Å²) < 4.78 is 74.7. The molecule has 0 aliphatic heterocycles. The van der Waals surface area contributed by atoms with Crippen LogP contribution >= 0.6 is 0 Å². The lowest BCUT2D eigenvalue weighted by molar-refractivity contribution is 0.0695. The van der Waals surface area contributed by atoms with Crippen molar-refractivity contribution < 1.29 is 35.9 Å². The lowest BCUT2D eigenvalue weighted by atomic mass is 10.2. The van der Waals surface area contributed by atoms with E-state index in [-0.39, 0.29) is 4.31 Å². The number of carbonyl (C=O) groups is 1. The smallest absolute Gasteiger partial charge is 0.335 e. The van der Waals surface area contributed by atoms with E-state index in [1.54, 1.807) is 0 Å². The fraction of sp³-hybridized carbons (Fsp3) is 0.300. The normalized spacial score (nSPS) is 12.2. The van der Waals surface area contributed by atoms with Crippen LogP contribution in [0.5, 0.6) is 0 Å². The zero-order valence-corrected chi connectivity index (χ0v) is 10.8. The monoisotopic (exact) mass is 315 g/mol. The molecule has 10 heteroatoms. The molecule has 5 nitrogen and oxygen atoms in total. The number of nitrogens with zero attached hydrogens (tertiary/aromatic N) is 1. The number of rotatable bonds is 5. The fourth-order valence-electron chi connectivity index (χ4n) is 1.34. The first kappa shape index (κ1) is 16.4. The zero-order chi connectivity index (χ0) is 15.7. The van der Waals surface area contributed by atoms with E-state index in [1.807, 2.05) is 0 Å². The predicted octanol–water partition coefficient (Wildman–Crippen LogP) is 1.55. The molecular weight excluding hydrogens is 306 g/mol. The topological polar surface area (TPSA) is 74.7 Å². The molecule has 0 aromatic heterocycles. The molecule has 1 rings (SSSR count). The van der Waals surface area contributed by atoms with Crippen molar-refractivity contribution in [1.82, 2.24) is 4.31 Å². The molecule has 0 amide bonds. The maximum absolute atomic E-state index is 13.5. The molecule has 0 atom stereocenters. The lowest BCUT2D eigenvalue weighted by Gasteiger charge is -2.17. The summed E-state index contributed by atoms with van der Waals surface area (Å²) in [6, 6.07) is 0.669. The minimum atomic E-state index is -4.77. The van der Waals surface area contributed by atoms with E-state index in [4.69, 9.17) is 5.11 Å². The van der Waals surface area contributed by atoms with Gasteiger partial charge in [0.05, 0.1) is 12.1 Å². The molecule has 112 valence electrons. The van der Waals surface area contributed by atoms with E-state index in [2.05, 4.69) is 0 Å². The minimum absolute atomic E-state index is 0.112. The maximum Gasteiger partial charge on any atom is 0.335 e. The van der Waals surface area contributed by atoms with Crippen LogP contribution in [-0.2, 0) is 10.0 Å². The van der Waals surface area contributed by atoms with E-state index in [0.717, 1.165) is 7.05 Å². The Labute approximate surface area is 111 Å². The van der Waals surface area contributed by atoms with Crippen molar-refractivity contribution >= 4 is 16.0 Å². The zero-order valence-electron chi connectivity index (χ0n) is 9.98. The molecule has 0 spiro atoms. The van der Waals surface area contributed by atoms with Crippen molar-refractivity contribution in [1.29, 1.82) is 0 Å². The van der Waals surface area contributed by atoms with Crippen LogP contribution in [0.1, 0.15) is 10.4 Å². The summed E-state index contributed by atoms with van der Waals surface area (Å²) in [6.45, 7) is -1.24. The SMILES string of the molecule is CN(CC(F)F)S(=O)(=O)c1cc(C(=O)O)cc(F)c1F. The first-order valence-electron chi connectivity index (χ1n) is 5.04. The number of aromatic carboxylic acids is 1. The maximum atomic E-state index is 13.5. The molecule has 20 heavy (non-hydrogen) atoms. The highest BCUT2D eigenvalue weighted by Crippen LogP contribution is 2.23. The number of sulfonamides is 1. The van der Waals surface area contributed by atoms with Crippen LogP contribution in [0.25, 0.3) is 0 Å². The summed E-state index contributed by atoms with van der Waals surface area (Å²) in [6.07, 6.45) is -3.02. The summed E-state index contributed by atoms with van der Waals surface area (Å²) >= 11 is 0. The van der Waals surface area contributed by atoms with Crippen LogP contribution < -0.4 is 0 Å². The number of hydrogen-bond donors (Lipinski definition) is 1. The Morgan fingerprint density at radius 2 is 1.90 bits per heavy atom. The average molecular weight is 315 g/mol. The van der Waals surface area contributed by atoms with Crippen molar-refractivity contribution in [2.45, 2.75) is 11.3 Å². The number of hydrogen-bond acceptors (Lipinski definition) is 3. The molecule has 0 radical (unpaired) electrons. The molecular formula is C10H9F4NO4S. The highest BCUT2D eigenvalue weighted by atomic mass is 32.2. The van der Waals surface area contributed by atoms with Gasteiger partial charge in [-0.15, -0.1) is 0 Å². The molecule has 1 N–H and O–H groups in total. The second-order valence-corrected chi connectivity index (χ2v) is 5.77. The molecule has 1 aromatic rings. The Hall–Kier alpha value is -1.68. The van der Waals surface area contributed by atoms with Crippen molar-refractivity contribution in [2.24, 2.45) is 0 Å². The quantitative estimate of drug-likeness (QED) is 0.837. The third kappa shape index (κ3) is 3.25. The molecule has 1 aromatic carbocycles. The average Bonchev–Trinajstić information content (AvgIpc) is 2.30. The summed E-state index contributed by atoms with van der Waals surface area (Å²) in [5.74, 6) is -5.21. The van der Waals surface area contributed by atoms with E-state index in [9.17, 15) is 30.8 Å². The van der Waals surface area contributed by atoms with Gasteiger partial charge in [-0.2, -0.15) is 4.31 Å². The minimum Gasteiger partial charge on any atom is -0.478 e. The first-order chi connectivity index (χ1) is 9.07. The van der Waals surface area contributed by atoms with Gasteiger partial charge in [-0.05, 0) is 12.1 Å². The summed E-state index contributed by atoms with van der Waals surface area (Å²) in [5, 5.41) is 8.66. The van der Waals surface area contributed by atoms with Gasteiger partial charge in [0, 0.05) is 7.05 Å². The molecule has 0 bridgehead atoms. The van der Waals surface area contributed by atoms with Crippen molar-refractivity contribution in [3.8, 4) is 0 Å². The van der Waals surface area contributed by atoms with Crippen molar-refractivity contribution in [3.05, 3.63) is 29.3 Å². The van der Waals surface area contributed by atoms with Gasteiger partial charge >= 0.3 is 5.97 Å². The summed E-state index contributed by atoms with van der Waals surface area (Å²) in [4.78, 5) is 9.37. The number of alkyl halides is 2. The summed E-state index contributed by atoms with van der Waals surface area (Å²) in [7, 11) is -4.03. The third-order valence-electron chi connectivity index (χ3n) is 2.33. The molecule has 0 fully saturated rings. The Morgan fingerprint density at radius 3 is 2.35 bits per heavy atom. The van der Waals surface area contributed by atoms with Gasteiger partial charge < -0.3 is 5.11 Å². The van der Waals surface area contributed by atoms with Crippen LogP contribution in [0.4, 0.5) is 17.6 Å². The lowest BCUT2D eigenvalue weighted by Crippen LogP contribution is -2.32. The number of halogens is 4. The number of benzene rings is 1. The van der Waals surface area contributed by atoms with Crippen molar-refractivity contribution in [3.63, 3.8) is 0 Å². The van der Waals surface area contributed by atoms with Crippen LogP contribution in [0.2, 0.25) is 0 Å². The van der Waals surface area contributed by atoms with Gasteiger partial charge in [0.25, 0.3) is 6.43 Å². The van der Waals surface area contributed by atoms with Crippen LogP contribution in [0.15, 0.2) is 17.0 Å². The van der Waals surface area contributed by atoms with Crippen LogP contribution in [-0.4, -0.2) is 43.8 Å². The molecule has 0 saturated heterocycles. The molecule has 0 saturated carbocycles. The van der Waals surface area contributed by atoms with Crippen LogP contribution in [0.3, 0.4) is 0 Å². The van der Waals surface area contributed by atoms with Gasteiger partial charge in [-0.25, -0.2) is 30.8 Å². The number of carboxylic acids is 1.